The van der Waals surface area contributed by atoms with Gasteiger partial charge >= 0.3 is 5.97 Å². The van der Waals surface area contributed by atoms with E-state index in [4.69, 9.17) is 4.74 Å². The largest absolute Gasteiger partial charge is 0.417 e. The molecule has 22 heavy (non-hydrogen) atoms. The van der Waals surface area contributed by atoms with E-state index in [1.54, 1.807) is 48.5 Å². The van der Waals surface area contributed by atoms with Gasteiger partial charge in [0.15, 0.2) is 5.75 Å². The van der Waals surface area contributed by atoms with E-state index in [2.05, 4.69) is 4.98 Å². The fourth-order valence-corrected chi connectivity index (χ4v) is 2.22. The Balaban J connectivity index is 2.01. The predicted molar refractivity (Wildman–Crippen MR) is 80.8 cm³/mol. The summed E-state index contributed by atoms with van der Waals surface area (Å²) in [5.74, 6) is -0.732. The second kappa shape index (κ2) is 5.81. The van der Waals surface area contributed by atoms with Crippen molar-refractivity contribution in [3.05, 3.63) is 76.1 Å². The number of nitrogens with one attached hydrogen (secondary N) is 1. The number of esters is 1. The van der Waals surface area contributed by atoms with E-state index in [9.17, 15) is 14.0 Å². The summed E-state index contributed by atoms with van der Waals surface area (Å²) in [7, 11) is 0. The summed E-state index contributed by atoms with van der Waals surface area (Å²) >= 11 is 0. The summed E-state index contributed by atoms with van der Waals surface area (Å²) in [5, 5.41) is 0.286. The Labute approximate surface area is 125 Å². The van der Waals surface area contributed by atoms with Crippen molar-refractivity contribution in [2.45, 2.75) is 6.67 Å². The van der Waals surface area contributed by atoms with Gasteiger partial charge in [-0.25, -0.2) is 9.18 Å². The van der Waals surface area contributed by atoms with Crippen LogP contribution in [0.1, 0.15) is 15.9 Å². The maximum Gasteiger partial charge on any atom is 0.343 e. The van der Waals surface area contributed by atoms with E-state index in [-0.39, 0.29) is 11.1 Å². The van der Waals surface area contributed by atoms with Gasteiger partial charge in [-0.2, -0.15) is 0 Å². The first kappa shape index (κ1) is 14.0. The zero-order chi connectivity index (χ0) is 15.5. The molecule has 4 nitrogen and oxygen atoms in total. The topological polar surface area (TPSA) is 59.2 Å². The number of rotatable bonds is 3. The van der Waals surface area contributed by atoms with Crippen molar-refractivity contribution >= 4 is 16.9 Å². The Morgan fingerprint density at radius 2 is 1.86 bits per heavy atom. The van der Waals surface area contributed by atoms with Crippen molar-refractivity contribution in [2.24, 2.45) is 0 Å². The number of halogens is 1. The van der Waals surface area contributed by atoms with Gasteiger partial charge in [0.1, 0.15) is 6.67 Å². The molecule has 0 aliphatic rings. The Hall–Kier alpha value is -2.95. The SMILES string of the molecule is O=C(Oc1c[nH]c2c(CF)cccc2c1=O)c1ccccc1. The zero-order valence-corrected chi connectivity index (χ0v) is 11.5. The molecule has 2 aromatic carbocycles. The number of benzene rings is 2. The Kier molecular flexibility index (Phi) is 3.70. The van der Waals surface area contributed by atoms with Crippen LogP contribution in [0, 0.1) is 0 Å². The number of carbonyl (C=O) groups is 1. The number of hydrogen-bond donors (Lipinski definition) is 1. The normalized spacial score (nSPS) is 10.6. The van der Waals surface area contributed by atoms with Gasteiger partial charge in [0.25, 0.3) is 0 Å². The Bertz CT molecular complexity index is 887. The molecule has 0 saturated carbocycles. The number of para-hydroxylation sites is 1. The van der Waals surface area contributed by atoms with E-state index < -0.39 is 18.1 Å². The molecule has 0 unspecified atom stereocenters. The number of ether oxygens (including phenoxy) is 1. The highest BCUT2D eigenvalue weighted by molar-refractivity contribution is 5.91. The van der Waals surface area contributed by atoms with Crippen LogP contribution in [-0.4, -0.2) is 11.0 Å². The minimum Gasteiger partial charge on any atom is -0.417 e. The zero-order valence-electron chi connectivity index (χ0n) is 11.5. The number of aromatic amines is 1. The van der Waals surface area contributed by atoms with Gasteiger partial charge in [-0.3, -0.25) is 4.79 Å². The maximum atomic E-state index is 12.9. The van der Waals surface area contributed by atoms with Crippen molar-refractivity contribution in [3.8, 4) is 5.75 Å². The summed E-state index contributed by atoms with van der Waals surface area (Å²) in [5.41, 5.74) is 0.692. The molecule has 110 valence electrons. The molecule has 1 N–H and O–H groups in total. The van der Waals surface area contributed by atoms with Crippen LogP contribution in [0.5, 0.6) is 5.75 Å². The van der Waals surface area contributed by atoms with Crippen LogP contribution in [0.15, 0.2) is 59.5 Å². The fourth-order valence-electron chi connectivity index (χ4n) is 2.22. The van der Waals surface area contributed by atoms with Gasteiger partial charge in [0.05, 0.1) is 11.1 Å². The van der Waals surface area contributed by atoms with Crippen LogP contribution in [0.2, 0.25) is 0 Å². The molecule has 0 radical (unpaired) electrons. The standard InChI is InChI=1S/C17H12FNO3/c18-9-12-7-4-8-13-15(12)19-10-14(16(13)20)22-17(21)11-5-2-1-3-6-11/h1-8,10H,9H2,(H,19,20). The molecule has 0 saturated heterocycles. The number of hydrogen-bond acceptors (Lipinski definition) is 3. The molecule has 5 heteroatoms. The lowest BCUT2D eigenvalue weighted by atomic mass is 10.1. The van der Waals surface area contributed by atoms with E-state index in [0.717, 1.165) is 0 Å². The third-order valence-electron chi connectivity index (χ3n) is 3.32. The third-order valence-corrected chi connectivity index (χ3v) is 3.32. The van der Waals surface area contributed by atoms with E-state index in [0.29, 0.717) is 16.6 Å². The Morgan fingerprint density at radius 3 is 2.59 bits per heavy atom. The maximum absolute atomic E-state index is 12.9. The second-order valence-electron chi connectivity index (χ2n) is 4.71. The van der Waals surface area contributed by atoms with Crippen LogP contribution < -0.4 is 10.2 Å². The van der Waals surface area contributed by atoms with Crippen LogP contribution in [-0.2, 0) is 6.67 Å². The number of aromatic nitrogens is 1. The van der Waals surface area contributed by atoms with Gasteiger partial charge in [0, 0.05) is 17.1 Å². The Morgan fingerprint density at radius 1 is 1.09 bits per heavy atom. The summed E-state index contributed by atoms with van der Waals surface area (Å²) in [6.07, 6.45) is 1.28. The predicted octanol–water partition coefficient (Wildman–Crippen LogP) is 3.22. The first-order chi connectivity index (χ1) is 10.7. The third kappa shape index (κ3) is 2.48. The van der Waals surface area contributed by atoms with Crippen molar-refractivity contribution in [1.29, 1.82) is 0 Å². The van der Waals surface area contributed by atoms with Gasteiger partial charge in [-0.05, 0) is 18.2 Å². The molecule has 0 amide bonds. The molecule has 0 aliphatic carbocycles. The van der Waals surface area contributed by atoms with Crippen molar-refractivity contribution < 1.29 is 13.9 Å². The van der Waals surface area contributed by atoms with Crippen LogP contribution >= 0.6 is 0 Å². The van der Waals surface area contributed by atoms with Crippen LogP contribution in [0.4, 0.5) is 4.39 Å². The van der Waals surface area contributed by atoms with Crippen LogP contribution in [0.25, 0.3) is 10.9 Å². The molecule has 3 aromatic rings. The number of fused-ring (bicyclic) bond motifs is 1. The van der Waals surface area contributed by atoms with E-state index in [1.165, 1.54) is 6.20 Å². The highest BCUT2D eigenvalue weighted by Gasteiger charge is 2.13. The molecular weight excluding hydrogens is 285 g/mol. The summed E-state index contributed by atoms with van der Waals surface area (Å²) in [6.45, 7) is -0.684. The minimum atomic E-state index is -0.684. The lowest BCUT2D eigenvalue weighted by molar-refractivity contribution is 0.0733. The summed E-state index contributed by atoms with van der Waals surface area (Å²) < 4.78 is 18.0. The highest BCUT2D eigenvalue weighted by atomic mass is 19.1. The molecule has 3 rings (SSSR count). The van der Waals surface area contributed by atoms with Gasteiger partial charge in [-0.1, -0.05) is 30.3 Å². The summed E-state index contributed by atoms with van der Waals surface area (Å²) in [6, 6.07) is 13.1. The van der Waals surface area contributed by atoms with E-state index >= 15 is 0 Å². The number of carbonyl (C=O) groups excluding carboxylic acids is 1. The molecule has 0 fully saturated rings. The monoisotopic (exact) mass is 297 g/mol. The minimum absolute atomic E-state index is 0.114. The van der Waals surface area contributed by atoms with Gasteiger partial charge < -0.3 is 9.72 Å². The fraction of sp³-hybridized carbons (Fsp3) is 0.0588. The first-order valence-electron chi connectivity index (χ1n) is 6.67. The lowest BCUT2D eigenvalue weighted by Gasteiger charge is -2.07. The van der Waals surface area contributed by atoms with Crippen LogP contribution in [0.3, 0.4) is 0 Å². The highest BCUT2D eigenvalue weighted by Crippen LogP contribution is 2.17. The van der Waals surface area contributed by atoms with Gasteiger partial charge in [-0.15, -0.1) is 0 Å². The first-order valence-corrected chi connectivity index (χ1v) is 6.67. The quantitative estimate of drug-likeness (QED) is 0.755. The van der Waals surface area contributed by atoms with Crippen molar-refractivity contribution in [3.63, 3.8) is 0 Å². The average molecular weight is 297 g/mol. The number of H-pyrrole nitrogens is 1. The molecule has 0 aliphatic heterocycles. The van der Waals surface area contributed by atoms with Gasteiger partial charge in [0.2, 0.25) is 5.43 Å². The molecule has 1 heterocycles. The average Bonchev–Trinajstić information content (AvgIpc) is 2.57. The second-order valence-corrected chi connectivity index (χ2v) is 4.71. The number of alkyl halides is 1. The van der Waals surface area contributed by atoms with Crippen molar-refractivity contribution in [1.82, 2.24) is 4.98 Å². The van der Waals surface area contributed by atoms with Crippen molar-refractivity contribution in [2.75, 3.05) is 0 Å². The summed E-state index contributed by atoms with van der Waals surface area (Å²) in [4.78, 5) is 27.2. The smallest absolute Gasteiger partial charge is 0.343 e. The van der Waals surface area contributed by atoms with E-state index in [1.807, 2.05) is 0 Å². The molecular formula is C17H12FNO3. The molecule has 0 atom stereocenters. The number of pyridine rings is 1. The molecule has 0 bridgehead atoms. The lowest BCUT2D eigenvalue weighted by Crippen LogP contribution is -2.15. The molecule has 0 spiro atoms. The molecule has 1 aromatic heterocycles.